The number of amides is 1. The Morgan fingerprint density at radius 3 is 2.32 bits per heavy atom. The van der Waals surface area contributed by atoms with E-state index in [1.807, 2.05) is 32.1 Å². The molecule has 31 heavy (non-hydrogen) atoms. The van der Waals surface area contributed by atoms with Crippen LogP contribution in [0.4, 0.5) is 4.79 Å². The molecule has 2 fully saturated rings. The van der Waals surface area contributed by atoms with Crippen LogP contribution in [-0.2, 0) is 9.47 Å². The van der Waals surface area contributed by atoms with Gasteiger partial charge in [-0.1, -0.05) is 0 Å². The lowest BCUT2D eigenvalue weighted by Gasteiger charge is -2.36. The third kappa shape index (κ3) is 7.76. The van der Waals surface area contributed by atoms with Crippen LogP contribution in [0.15, 0.2) is 17.1 Å². The topological polar surface area (TPSA) is 83.6 Å². The molecule has 1 aromatic heterocycles. The number of hydrogen-bond donors (Lipinski definition) is 1. The molecule has 0 radical (unpaired) electrons. The highest BCUT2D eigenvalue weighted by Crippen LogP contribution is 2.28. The number of hydrogen-bond acceptors (Lipinski definition) is 6. The van der Waals surface area contributed by atoms with Crippen molar-refractivity contribution in [1.29, 1.82) is 0 Å². The van der Waals surface area contributed by atoms with E-state index in [1.165, 1.54) is 9.75 Å². The average molecular weight is 566 g/mol. The summed E-state index contributed by atoms with van der Waals surface area (Å²) in [5.41, 5.74) is 5.85. The number of piperazine rings is 1. The van der Waals surface area contributed by atoms with Gasteiger partial charge in [-0.05, 0) is 39.8 Å². The second-order valence-corrected chi connectivity index (χ2v) is 10.1. The Balaban J connectivity index is 0.00000341. The maximum absolute atomic E-state index is 12.2. The molecule has 2 saturated heterocycles. The molecule has 0 saturated carbocycles. The molecule has 8 nitrogen and oxygen atoms in total. The number of carbonyl (C=O) groups is 1. The summed E-state index contributed by atoms with van der Waals surface area (Å²) >= 11 is 1.82. The molecule has 0 aliphatic carbocycles. The van der Waals surface area contributed by atoms with Crippen molar-refractivity contribution in [3.63, 3.8) is 0 Å². The van der Waals surface area contributed by atoms with Gasteiger partial charge in [-0.25, -0.2) is 4.79 Å². The number of morpholine rings is 1. The normalized spacial score (nSPS) is 19.7. The quantitative estimate of drug-likeness (QED) is 0.344. The Kier molecular flexibility index (Phi) is 9.84. The van der Waals surface area contributed by atoms with E-state index in [0.717, 1.165) is 26.3 Å². The minimum Gasteiger partial charge on any atom is -0.444 e. The monoisotopic (exact) mass is 565 g/mol. The highest BCUT2D eigenvalue weighted by atomic mass is 127. The Hall–Kier alpha value is -1.11. The largest absolute Gasteiger partial charge is 0.444 e. The van der Waals surface area contributed by atoms with Gasteiger partial charge in [0.15, 0.2) is 5.96 Å². The van der Waals surface area contributed by atoms with Gasteiger partial charge < -0.3 is 25.0 Å². The van der Waals surface area contributed by atoms with Crippen LogP contribution in [0.2, 0.25) is 0 Å². The first-order valence-corrected chi connectivity index (χ1v) is 11.5. The number of halogens is 1. The van der Waals surface area contributed by atoms with E-state index in [2.05, 4.69) is 28.9 Å². The Morgan fingerprint density at radius 2 is 1.77 bits per heavy atom. The van der Waals surface area contributed by atoms with E-state index in [0.29, 0.717) is 38.7 Å². The highest BCUT2D eigenvalue weighted by molar-refractivity contribution is 14.0. The van der Waals surface area contributed by atoms with Crippen molar-refractivity contribution in [3.05, 3.63) is 21.9 Å². The number of ether oxygens (including phenoxy) is 2. The number of rotatable bonds is 4. The van der Waals surface area contributed by atoms with Crippen LogP contribution in [-0.4, -0.2) is 91.4 Å². The molecule has 10 heteroatoms. The zero-order chi connectivity index (χ0) is 21.7. The molecule has 2 aliphatic heterocycles. The maximum atomic E-state index is 12.2. The second kappa shape index (κ2) is 11.7. The Morgan fingerprint density at radius 1 is 1.16 bits per heavy atom. The lowest BCUT2D eigenvalue weighted by Crippen LogP contribution is -2.53. The number of nitrogens with zero attached hydrogens (tertiary/aromatic N) is 4. The number of guanidine groups is 1. The minimum atomic E-state index is -0.483. The molecule has 0 spiro atoms. The van der Waals surface area contributed by atoms with Crippen molar-refractivity contribution >= 4 is 47.4 Å². The fourth-order valence-corrected chi connectivity index (χ4v) is 4.64. The van der Waals surface area contributed by atoms with Gasteiger partial charge in [0.2, 0.25) is 0 Å². The van der Waals surface area contributed by atoms with E-state index in [1.54, 1.807) is 4.90 Å². The summed E-state index contributed by atoms with van der Waals surface area (Å²) in [5.74, 6) is 0.547. The Bertz CT molecular complexity index is 738. The molecule has 1 unspecified atom stereocenters. The van der Waals surface area contributed by atoms with Crippen LogP contribution in [0.5, 0.6) is 0 Å². The average Bonchev–Trinajstić information content (AvgIpc) is 3.13. The predicted octanol–water partition coefficient (Wildman–Crippen LogP) is 2.92. The zero-order valence-corrected chi connectivity index (χ0v) is 22.2. The predicted molar refractivity (Wildman–Crippen MR) is 135 cm³/mol. The first kappa shape index (κ1) is 26.1. The van der Waals surface area contributed by atoms with Crippen molar-refractivity contribution < 1.29 is 14.3 Å². The number of aliphatic imine (C=N–C) groups is 1. The molecular weight excluding hydrogens is 529 g/mol. The molecule has 3 rings (SSSR count). The van der Waals surface area contributed by atoms with Gasteiger partial charge in [0.25, 0.3) is 0 Å². The number of thiophene rings is 1. The molecule has 1 atom stereocenters. The molecule has 1 amide bonds. The number of nitrogens with two attached hydrogens (primary N) is 1. The molecular formula is C21H36IN5O3S. The third-order valence-electron chi connectivity index (χ3n) is 5.26. The molecule has 0 aromatic carbocycles. The van der Waals surface area contributed by atoms with Crippen LogP contribution < -0.4 is 5.73 Å². The van der Waals surface area contributed by atoms with Crippen molar-refractivity contribution in [3.8, 4) is 0 Å². The fourth-order valence-electron chi connectivity index (χ4n) is 3.63. The van der Waals surface area contributed by atoms with E-state index >= 15 is 0 Å². The van der Waals surface area contributed by atoms with Crippen molar-refractivity contribution in [1.82, 2.24) is 14.7 Å². The molecule has 2 aliphatic rings. The van der Waals surface area contributed by atoms with E-state index in [-0.39, 0.29) is 36.1 Å². The van der Waals surface area contributed by atoms with Crippen molar-refractivity contribution in [2.75, 3.05) is 59.0 Å². The van der Waals surface area contributed by atoms with Crippen LogP contribution in [0, 0.1) is 6.92 Å². The fraction of sp³-hybridized carbons (Fsp3) is 0.714. The van der Waals surface area contributed by atoms with Crippen LogP contribution in [0.3, 0.4) is 0 Å². The van der Waals surface area contributed by atoms with E-state index < -0.39 is 5.60 Å². The summed E-state index contributed by atoms with van der Waals surface area (Å²) in [6.45, 7) is 14.2. The zero-order valence-electron chi connectivity index (χ0n) is 19.0. The summed E-state index contributed by atoms with van der Waals surface area (Å²) in [5, 5.41) is 0. The van der Waals surface area contributed by atoms with Crippen LogP contribution >= 0.6 is 35.3 Å². The molecule has 3 heterocycles. The first-order chi connectivity index (χ1) is 14.2. The SMILES string of the molecule is Cc1ccc(C(CN=C(N)N2CCN(C(=O)OC(C)(C)C)CC2)N2CCOCC2)s1.I. The smallest absolute Gasteiger partial charge is 0.410 e. The Labute approximate surface area is 206 Å². The molecule has 2 N–H and O–H groups in total. The van der Waals surface area contributed by atoms with Gasteiger partial charge in [0.1, 0.15) is 5.60 Å². The standard InChI is InChI=1S/C21H35N5O3S.HI/c1-16-5-6-18(30-16)17(24-11-13-28-14-12-24)15-23-19(22)25-7-9-26(10-8-25)20(27)29-21(2,3)4;/h5-6,17H,7-15H2,1-4H3,(H2,22,23);1H. The van der Waals surface area contributed by atoms with Gasteiger partial charge in [0.05, 0.1) is 25.8 Å². The van der Waals surface area contributed by atoms with Gasteiger partial charge in [-0.3, -0.25) is 9.89 Å². The molecule has 176 valence electrons. The lowest BCUT2D eigenvalue weighted by atomic mass is 10.2. The van der Waals surface area contributed by atoms with Crippen molar-refractivity contribution in [2.45, 2.75) is 39.3 Å². The molecule has 1 aromatic rings. The second-order valence-electron chi connectivity index (χ2n) is 8.77. The van der Waals surface area contributed by atoms with Gasteiger partial charge in [-0.15, -0.1) is 35.3 Å². The summed E-state index contributed by atoms with van der Waals surface area (Å²) < 4.78 is 11.0. The molecule has 0 bridgehead atoms. The first-order valence-electron chi connectivity index (χ1n) is 10.6. The van der Waals surface area contributed by atoms with Crippen molar-refractivity contribution in [2.24, 2.45) is 10.7 Å². The third-order valence-corrected chi connectivity index (χ3v) is 6.36. The van der Waals surface area contributed by atoms with Gasteiger partial charge in [-0.2, -0.15) is 0 Å². The number of carbonyl (C=O) groups excluding carboxylic acids is 1. The highest BCUT2D eigenvalue weighted by Gasteiger charge is 2.27. The summed E-state index contributed by atoms with van der Waals surface area (Å²) in [6, 6.07) is 4.58. The number of aryl methyl sites for hydroxylation is 1. The van der Waals surface area contributed by atoms with Crippen LogP contribution in [0.25, 0.3) is 0 Å². The minimum absolute atomic E-state index is 0. The van der Waals surface area contributed by atoms with Gasteiger partial charge >= 0.3 is 6.09 Å². The summed E-state index contributed by atoms with van der Waals surface area (Å²) in [4.78, 5) is 25.8. The summed E-state index contributed by atoms with van der Waals surface area (Å²) in [6.07, 6.45) is -0.266. The maximum Gasteiger partial charge on any atom is 0.410 e. The summed E-state index contributed by atoms with van der Waals surface area (Å²) in [7, 11) is 0. The van der Waals surface area contributed by atoms with Crippen LogP contribution in [0.1, 0.15) is 36.6 Å². The lowest BCUT2D eigenvalue weighted by molar-refractivity contribution is 0.0176. The van der Waals surface area contributed by atoms with Gasteiger partial charge in [0, 0.05) is 49.0 Å². The van der Waals surface area contributed by atoms with E-state index in [9.17, 15) is 4.79 Å². The van der Waals surface area contributed by atoms with E-state index in [4.69, 9.17) is 20.2 Å².